The summed E-state index contributed by atoms with van der Waals surface area (Å²) in [6.07, 6.45) is 1.05. The lowest BCUT2D eigenvalue weighted by Crippen LogP contribution is -2.43. The van der Waals surface area contributed by atoms with Crippen LogP contribution in [0.4, 0.5) is 0 Å². The van der Waals surface area contributed by atoms with E-state index in [4.69, 9.17) is 0 Å². The molecule has 0 aromatic heterocycles. The molecule has 1 aliphatic rings. The highest BCUT2D eigenvalue weighted by Gasteiger charge is 2.30. The average molecular weight is 256 g/mol. The van der Waals surface area contributed by atoms with E-state index >= 15 is 0 Å². The number of sulfone groups is 1. The van der Waals surface area contributed by atoms with Crippen molar-refractivity contribution in [2.45, 2.75) is 25.8 Å². The molecular weight excluding hydrogens is 240 g/mol. The van der Waals surface area contributed by atoms with Crippen molar-refractivity contribution in [3.05, 3.63) is 0 Å². The second-order valence-electron chi connectivity index (χ2n) is 3.62. The fourth-order valence-electron chi connectivity index (χ4n) is 1.39. The Morgan fingerprint density at radius 3 is 2.53 bits per heavy atom. The van der Waals surface area contributed by atoms with Gasteiger partial charge in [0.15, 0.2) is 9.84 Å². The van der Waals surface area contributed by atoms with Crippen molar-refractivity contribution in [2.75, 3.05) is 18.1 Å². The highest BCUT2D eigenvalue weighted by atomic mass is 32.2. The third-order valence-electron chi connectivity index (χ3n) is 2.10. The number of nitrogens with one attached hydrogen (secondary N) is 2. The predicted octanol–water partition coefficient (Wildman–Crippen LogP) is -0.992. The molecule has 1 fully saturated rings. The fraction of sp³-hybridized carbons (Fsp3) is 1.00. The van der Waals surface area contributed by atoms with Crippen LogP contribution in [0.2, 0.25) is 0 Å². The van der Waals surface area contributed by atoms with Gasteiger partial charge < -0.3 is 0 Å². The molecule has 0 amide bonds. The van der Waals surface area contributed by atoms with E-state index in [2.05, 4.69) is 9.44 Å². The Bertz CT molecular complexity index is 401. The first-order valence-electron chi connectivity index (χ1n) is 4.82. The molecule has 1 saturated heterocycles. The summed E-state index contributed by atoms with van der Waals surface area (Å²) in [5, 5.41) is 0. The lowest BCUT2D eigenvalue weighted by molar-refractivity contribution is 0.548. The van der Waals surface area contributed by atoms with Gasteiger partial charge >= 0.3 is 0 Å². The van der Waals surface area contributed by atoms with Crippen molar-refractivity contribution in [3.63, 3.8) is 0 Å². The maximum absolute atomic E-state index is 11.3. The van der Waals surface area contributed by atoms with Crippen LogP contribution >= 0.6 is 0 Å². The van der Waals surface area contributed by atoms with Crippen LogP contribution in [0.1, 0.15) is 19.8 Å². The van der Waals surface area contributed by atoms with E-state index in [1.54, 1.807) is 0 Å². The minimum atomic E-state index is -3.54. The summed E-state index contributed by atoms with van der Waals surface area (Å²) in [4.78, 5) is 0. The van der Waals surface area contributed by atoms with Crippen molar-refractivity contribution in [2.24, 2.45) is 0 Å². The molecule has 0 aliphatic carbocycles. The maximum atomic E-state index is 11.3. The van der Waals surface area contributed by atoms with Crippen LogP contribution in [-0.4, -0.2) is 40.9 Å². The maximum Gasteiger partial charge on any atom is 0.277 e. The zero-order chi connectivity index (χ0) is 11.5. The van der Waals surface area contributed by atoms with Gasteiger partial charge in [0.05, 0.1) is 11.5 Å². The van der Waals surface area contributed by atoms with E-state index in [0.29, 0.717) is 19.4 Å². The molecule has 1 heterocycles. The van der Waals surface area contributed by atoms with Crippen LogP contribution in [0.3, 0.4) is 0 Å². The molecule has 0 aromatic rings. The van der Waals surface area contributed by atoms with Crippen LogP contribution in [0.25, 0.3) is 0 Å². The molecule has 1 atom stereocenters. The van der Waals surface area contributed by atoms with E-state index in [-0.39, 0.29) is 11.5 Å². The second-order valence-corrected chi connectivity index (χ2v) is 7.38. The van der Waals surface area contributed by atoms with Crippen LogP contribution in [-0.2, 0) is 20.0 Å². The van der Waals surface area contributed by atoms with Gasteiger partial charge in [0, 0.05) is 12.6 Å². The lowest BCUT2D eigenvalue weighted by atomic mass is 10.3. The molecule has 90 valence electrons. The van der Waals surface area contributed by atoms with Crippen molar-refractivity contribution in [3.8, 4) is 0 Å². The second kappa shape index (κ2) is 4.77. The lowest BCUT2D eigenvalue weighted by Gasteiger charge is -2.11. The van der Waals surface area contributed by atoms with Crippen LogP contribution < -0.4 is 9.44 Å². The van der Waals surface area contributed by atoms with Crippen molar-refractivity contribution in [1.82, 2.24) is 9.44 Å². The van der Waals surface area contributed by atoms with Gasteiger partial charge in [-0.05, 0) is 12.8 Å². The smallest absolute Gasteiger partial charge is 0.229 e. The van der Waals surface area contributed by atoms with Gasteiger partial charge in [-0.15, -0.1) is 0 Å². The standard InChI is InChI=1S/C7H16N2O4S2/c1-2-4-8-15(12,13)9-7-3-5-14(10,11)6-7/h7-9H,2-6H2,1H3. The molecule has 0 radical (unpaired) electrons. The zero-order valence-corrected chi connectivity index (χ0v) is 10.2. The van der Waals surface area contributed by atoms with E-state index in [1.807, 2.05) is 6.92 Å². The first-order valence-corrected chi connectivity index (χ1v) is 8.12. The zero-order valence-electron chi connectivity index (χ0n) is 8.56. The number of hydrogen-bond acceptors (Lipinski definition) is 4. The molecule has 0 bridgehead atoms. The Morgan fingerprint density at radius 2 is 2.07 bits per heavy atom. The van der Waals surface area contributed by atoms with Crippen LogP contribution in [0.5, 0.6) is 0 Å². The van der Waals surface area contributed by atoms with Gasteiger partial charge in [-0.2, -0.15) is 13.1 Å². The quantitative estimate of drug-likeness (QED) is 0.660. The molecule has 0 spiro atoms. The molecule has 0 aromatic carbocycles. The van der Waals surface area contributed by atoms with Crippen LogP contribution in [0.15, 0.2) is 0 Å². The summed E-state index contributed by atoms with van der Waals surface area (Å²) in [7, 11) is -6.58. The molecule has 0 saturated carbocycles. The molecule has 6 nitrogen and oxygen atoms in total. The summed E-state index contributed by atoms with van der Waals surface area (Å²) >= 11 is 0. The summed E-state index contributed by atoms with van der Waals surface area (Å²) < 4.78 is 49.5. The Kier molecular flexibility index (Phi) is 4.10. The molecular formula is C7H16N2O4S2. The number of hydrogen-bond donors (Lipinski definition) is 2. The normalized spacial score (nSPS) is 25.5. The van der Waals surface area contributed by atoms with Gasteiger partial charge in [-0.1, -0.05) is 6.92 Å². The monoisotopic (exact) mass is 256 g/mol. The van der Waals surface area contributed by atoms with Crippen molar-refractivity contribution < 1.29 is 16.8 Å². The van der Waals surface area contributed by atoms with E-state index in [1.165, 1.54) is 0 Å². The number of rotatable bonds is 5. The third-order valence-corrected chi connectivity index (χ3v) is 5.09. The summed E-state index contributed by atoms with van der Waals surface area (Å²) in [6, 6.07) is -0.482. The SMILES string of the molecule is CCCNS(=O)(=O)NC1CCS(=O)(=O)C1. The Hall–Kier alpha value is -0.180. The molecule has 1 aliphatic heterocycles. The Balaban J connectivity index is 2.49. The van der Waals surface area contributed by atoms with Crippen LogP contribution in [0, 0.1) is 0 Å². The molecule has 1 unspecified atom stereocenters. The Morgan fingerprint density at radius 1 is 1.40 bits per heavy atom. The van der Waals surface area contributed by atoms with Gasteiger partial charge in [0.1, 0.15) is 0 Å². The topological polar surface area (TPSA) is 92.3 Å². The van der Waals surface area contributed by atoms with Gasteiger partial charge in [-0.25, -0.2) is 13.1 Å². The van der Waals surface area contributed by atoms with Gasteiger partial charge in [0.2, 0.25) is 0 Å². The first-order chi connectivity index (χ1) is 6.85. The molecule has 8 heteroatoms. The third kappa shape index (κ3) is 4.45. The minimum absolute atomic E-state index is 0.0635. The first kappa shape index (κ1) is 12.9. The van der Waals surface area contributed by atoms with Crippen molar-refractivity contribution in [1.29, 1.82) is 0 Å². The molecule has 1 rings (SSSR count). The van der Waals surface area contributed by atoms with E-state index < -0.39 is 26.1 Å². The van der Waals surface area contributed by atoms with E-state index in [9.17, 15) is 16.8 Å². The average Bonchev–Trinajstić information content (AvgIpc) is 2.41. The predicted molar refractivity (Wildman–Crippen MR) is 57.4 cm³/mol. The summed E-state index contributed by atoms with van der Waals surface area (Å²) in [5.41, 5.74) is 0. The fourth-order valence-corrected chi connectivity index (χ4v) is 4.36. The minimum Gasteiger partial charge on any atom is -0.229 e. The highest BCUT2D eigenvalue weighted by Crippen LogP contribution is 2.11. The Labute approximate surface area is 90.5 Å². The molecule has 15 heavy (non-hydrogen) atoms. The van der Waals surface area contributed by atoms with Gasteiger partial charge in [0.25, 0.3) is 10.2 Å². The summed E-state index contributed by atoms with van der Waals surface area (Å²) in [6.45, 7) is 2.21. The van der Waals surface area contributed by atoms with Crippen molar-refractivity contribution >= 4 is 20.0 Å². The van der Waals surface area contributed by atoms with E-state index in [0.717, 1.165) is 0 Å². The molecule has 2 N–H and O–H groups in total. The highest BCUT2D eigenvalue weighted by molar-refractivity contribution is 7.91. The van der Waals surface area contributed by atoms with Gasteiger partial charge in [-0.3, -0.25) is 0 Å². The summed E-state index contributed by atoms with van der Waals surface area (Å²) in [5.74, 6) is -0.0337. The largest absolute Gasteiger partial charge is 0.277 e.